The molecule has 1 aromatic carbocycles. The van der Waals surface area contributed by atoms with Crippen LogP contribution in [0.5, 0.6) is 0 Å². The molecule has 9 heteroatoms. The van der Waals surface area contributed by atoms with Crippen LogP contribution in [-0.4, -0.2) is 20.9 Å². The van der Waals surface area contributed by atoms with Gasteiger partial charge in [-0.3, -0.25) is 20.2 Å². The number of nitro groups is 2. The number of carboxylic acids is 1. The Labute approximate surface area is 105 Å². The summed E-state index contributed by atoms with van der Waals surface area (Å²) < 4.78 is 0. The molecular formula is C10H5N3O6. The Hall–Kier alpha value is -3.28. The topological polar surface area (TPSA) is 147 Å². The lowest BCUT2D eigenvalue weighted by atomic mass is 10.1. The highest BCUT2D eigenvalue weighted by molar-refractivity contribution is 5.96. The van der Waals surface area contributed by atoms with E-state index in [1.807, 2.05) is 0 Å². The van der Waals surface area contributed by atoms with E-state index in [4.69, 9.17) is 10.4 Å². The van der Waals surface area contributed by atoms with E-state index >= 15 is 0 Å². The van der Waals surface area contributed by atoms with Gasteiger partial charge in [0.1, 0.15) is 11.6 Å². The number of benzene rings is 1. The van der Waals surface area contributed by atoms with Gasteiger partial charge in [-0.15, -0.1) is 0 Å². The molecule has 0 unspecified atom stereocenters. The number of hydrogen-bond donors (Lipinski definition) is 1. The molecule has 0 spiro atoms. The van der Waals surface area contributed by atoms with E-state index in [0.717, 1.165) is 24.3 Å². The Bertz CT molecular complexity index is 643. The Morgan fingerprint density at radius 1 is 1.26 bits per heavy atom. The molecule has 1 N–H and O–H groups in total. The predicted molar refractivity (Wildman–Crippen MR) is 61.0 cm³/mol. The number of carboxylic acid groups (broad SMARTS) is 1. The highest BCUT2D eigenvalue weighted by atomic mass is 16.6. The van der Waals surface area contributed by atoms with Crippen molar-refractivity contribution >= 4 is 23.4 Å². The van der Waals surface area contributed by atoms with Crippen molar-refractivity contribution < 1.29 is 19.7 Å². The molecule has 0 aliphatic rings. The largest absolute Gasteiger partial charge is 0.477 e. The van der Waals surface area contributed by atoms with Gasteiger partial charge in [-0.05, 0) is 17.7 Å². The first-order chi connectivity index (χ1) is 8.86. The van der Waals surface area contributed by atoms with Gasteiger partial charge in [-0.2, -0.15) is 5.26 Å². The van der Waals surface area contributed by atoms with E-state index in [2.05, 4.69) is 0 Å². The van der Waals surface area contributed by atoms with Gasteiger partial charge in [0.05, 0.1) is 9.85 Å². The number of aliphatic carboxylic acids is 1. The zero-order valence-electron chi connectivity index (χ0n) is 9.14. The smallest absolute Gasteiger partial charge is 0.346 e. The first-order valence-corrected chi connectivity index (χ1v) is 4.64. The molecule has 1 rings (SSSR count). The lowest BCUT2D eigenvalue weighted by molar-refractivity contribution is -0.422. The summed E-state index contributed by atoms with van der Waals surface area (Å²) in [5, 5.41) is 38.4. The van der Waals surface area contributed by atoms with Crippen molar-refractivity contribution in [2.24, 2.45) is 0 Å². The van der Waals surface area contributed by atoms with Crippen molar-refractivity contribution in [3.05, 3.63) is 49.6 Å². The number of rotatable bonds is 4. The highest BCUT2D eigenvalue weighted by Gasteiger charge is 2.23. The van der Waals surface area contributed by atoms with E-state index < -0.39 is 32.8 Å². The maximum Gasteiger partial charge on any atom is 0.346 e. The average Bonchev–Trinajstić information content (AvgIpc) is 2.34. The van der Waals surface area contributed by atoms with Crippen molar-refractivity contribution in [2.75, 3.05) is 0 Å². The molecule has 19 heavy (non-hydrogen) atoms. The lowest BCUT2D eigenvalue weighted by Crippen LogP contribution is -1.99. The van der Waals surface area contributed by atoms with E-state index in [1.54, 1.807) is 0 Å². The fourth-order valence-electron chi connectivity index (χ4n) is 1.24. The van der Waals surface area contributed by atoms with Crippen molar-refractivity contribution in [1.82, 2.24) is 0 Å². The molecule has 0 aliphatic heterocycles. The highest BCUT2D eigenvalue weighted by Crippen LogP contribution is 2.28. The normalized spacial score (nSPS) is 10.6. The summed E-state index contributed by atoms with van der Waals surface area (Å²) in [6, 6.07) is 4.22. The van der Waals surface area contributed by atoms with Gasteiger partial charge in [0.15, 0.2) is 0 Å². The summed E-state index contributed by atoms with van der Waals surface area (Å²) in [4.78, 5) is 29.9. The number of nitro benzene ring substituents is 2. The van der Waals surface area contributed by atoms with Gasteiger partial charge in [-0.1, -0.05) is 0 Å². The third kappa shape index (κ3) is 3.10. The molecule has 96 valence electrons. The second-order valence-corrected chi connectivity index (χ2v) is 3.24. The lowest BCUT2D eigenvalue weighted by Gasteiger charge is -1.97. The van der Waals surface area contributed by atoms with E-state index in [-0.39, 0.29) is 5.56 Å². The molecule has 0 aliphatic carbocycles. The van der Waals surface area contributed by atoms with Crippen LogP contribution >= 0.6 is 0 Å². The van der Waals surface area contributed by atoms with Crippen LogP contribution in [0.3, 0.4) is 0 Å². The summed E-state index contributed by atoms with van der Waals surface area (Å²) in [6.45, 7) is 0. The molecule has 0 saturated heterocycles. The van der Waals surface area contributed by atoms with Crippen LogP contribution in [0.1, 0.15) is 5.56 Å². The molecule has 9 nitrogen and oxygen atoms in total. The van der Waals surface area contributed by atoms with Crippen LogP contribution in [-0.2, 0) is 4.79 Å². The van der Waals surface area contributed by atoms with Crippen molar-refractivity contribution in [3.63, 3.8) is 0 Å². The number of hydrogen-bond acceptors (Lipinski definition) is 6. The first-order valence-electron chi connectivity index (χ1n) is 4.64. The molecule has 1 aromatic rings. The molecule has 0 saturated carbocycles. The summed E-state index contributed by atoms with van der Waals surface area (Å²) in [5.41, 5.74) is -2.11. The van der Waals surface area contributed by atoms with Crippen LogP contribution in [0.2, 0.25) is 0 Å². The van der Waals surface area contributed by atoms with Gasteiger partial charge in [0.2, 0.25) is 0 Å². The zero-order valence-corrected chi connectivity index (χ0v) is 9.14. The minimum atomic E-state index is -1.50. The Kier molecular flexibility index (Phi) is 3.89. The van der Waals surface area contributed by atoms with Gasteiger partial charge in [0, 0.05) is 12.1 Å². The maximum atomic E-state index is 10.7. The average molecular weight is 263 g/mol. The maximum absolute atomic E-state index is 10.7. The van der Waals surface area contributed by atoms with Crippen molar-refractivity contribution in [3.8, 4) is 6.07 Å². The SMILES string of the molecule is N#C/C(=C\c1ccc([N+](=O)[O-])c([N+](=O)[O-])c1)C(=O)O. The molecule has 0 radical (unpaired) electrons. The van der Waals surface area contributed by atoms with Gasteiger partial charge >= 0.3 is 17.3 Å². The molecule has 0 fully saturated rings. The van der Waals surface area contributed by atoms with Crippen LogP contribution in [0.25, 0.3) is 6.08 Å². The number of nitrogens with zero attached hydrogens (tertiary/aromatic N) is 3. The number of carbonyl (C=O) groups is 1. The van der Waals surface area contributed by atoms with Gasteiger partial charge in [0.25, 0.3) is 0 Å². The standard InChI is InChI=1S/C10H5N3O6/c11-5-7(10(14)15)3-6-1-2-8(12(16)17)9(4-6)13(18)19/h1-4H,(H,14,15)/b7-3+. The van der Waals surface area contributed by atoms with Crippen molar-refractivity contribution in [2.45, 2.75) is 0 Å². The third-order valence-electron chi connectivity index (χ3n) is 2.05. The zero-order chi connectivity index (χ0) is 14.6. The van der Waals surface area contributed by atoms with Crippen LogP contribution in [0.15, 0.2) is 23.8 Å². The minimum Gasteiger partial charge on any atom is -0.477 e. The van der Waals surface area contributed by atoms with Crippen LogP contribution in [0.4, 0.5) is 11.4 Å². The summed E-state index contributed by atoms with van der Waals surface area (Å²) in [7, 11) is 0. The predicted octanol–water partition coefficient (Wildman–Crippen LogP) is 1.49. The second kappa shape index (κ2) is 5.37. The number of nitriles is 1. The Balaban J connectivity index is 3.39. The molecule has 0 bridgehead atoms. The summed E-state index contributed by atoms with van der Waals surface area (Å²) in [6.07, 6.45) is 0.888. The van der Waals surface area contributed by atoms with Crippen LogP contribution in [0, 0.1) is 31.6 Å². The Morgan fingerprint density at radius 3 is 2.26 bits per heavy atom. The molecule has 0 heterocycles. The Morgan fingerprint density at radius 2 is 1.84 bits per heavy atom. The quantitative estimate of drug-likeness (QED) is 0.374. The fourth-order valence-corrected chi connectivity index (χ4v) is 1.24. The summed E-state index contributed by atoms with van der Waals surface area (Å²) >= 11 is 0. The van der Waals surface area contributed by atoms with E-state index in [0.29, 0.717) is 0 Å². The minimum absolute atomic E-state index is 0.0104. The van der Waals surface area contributed by atoms with Crippen LogP contribution < -0.4 is 0 Å². The van der Waals surface area contributed by atoms with Gasteiger partial charge < -0.3 is 5.11 Å². The monoisotopic (exact) mass is 263 g/mol. The summed E-state index contributed by atoms with van der Waals surface area (Å²) in [5.74, 6) is -1.50. The fraction of sp³-hybridized carbons (Fsp3) is 0. The second-order valence-electron chi connectivity index (χ2n) is 3.24. The molecule has 0 amide bonds. The van der Waals surface area contributed by atoms with E-state index in [9.17, 15) is 25.0 Å². The molecule has 0 aromatic heterocycles. The van der Waals surface area contributed by atoms with E-state index in [1.165, 1.54) is 6.07 Å². The molecular weight excluding hydrogens is 258 g/mol. The van der Waals surface area contributed by atoms with Crippen molar-refractivity contribution in [1.29, 1.82) is 5.26 Å². The van der Waals surface area contributed by atoms with Gasteiger partial charge in [-0.25, -0.2) is 4.79 Å². The first kappa shape index (κ1) is 13.8. The third-order valence-corrected chi connectivity index (χ3v) is 2.05. The molecule has 0 atom stereocenters.